The molecule has 1 aliphatic heterocycles. The second kappa shape index (κ2) is 4.02. The Labute approximate surface area is 104 Å². The van der Waals surface area contributed by atoms with Gasteiger partial charge in [0.25, 0.3) is 0 Å². The van der Waals surface area contributed by atoms with Crippen LogP contribution in [-0.4, -0.2) is 44.6 Å². The van der Waals surface area contributed by atoms with Crippen LogP contribution in [0.3, 0.4) is 0 Å². The molecule has 0 amide bonds. The monoisotopic (exact) mass is 274 g/mol. The molecule has 2 aromatic rings. The molecule has 19 heavy (non-hydrogen) atoms. The largest absolute Gasteiger partial charge is 0.404 e. The van der Waals surface area contributed by atoms with Crippen molar-refractivity contribution in [3.63, 3.8) is 0 Å². The van der Waals surface area contributed by atoms with Crippen LogP contribution < -0.4 is 5.32 Å². The number of H-pyrrole nitrogens is 1. The van der Waals surface area contributed by atoms with Crippen LogP contribution in [-0.2, 0) is 5.41 Å². The molecule has 2 aromatic heterocycles. The average Bonchev–Trinajstić information content (AvgIpc) is 3.10. The molecule has 0 spiro atoms. The van der Waals surface area contributed by atoms with Crippen molar-refractivity contribution < 1.29 is 17.7 Å². The van der Waals surface area contributed by atoms with E-state index in [9.17, 15) is 13.2 Å². The van der Waals surface area contributed by atoms with E-state index in [0.717, 1.165) is 0 Å². The van der Waals surface area contributed by atoms with E-state index in [1.807, 2.05) is 0 Å². The second-order valence-corrected chi connectivity index (χ2v) is 4.26. The molecule has 102 valence electrons. The first-order valence-electron chi connectivity index (χ1n) is 5.50. The van der Waals surface area contributed by atoms with Gasteiger partial charge in [-0.15, -0.1) is 0 Å². The van der Waals surface area contributed by atoms with Crippen molar-refractivity contribution in [1.29, 1.82) is 0 Å². The number of rotatable bonds is 2. The molecule has 1 saturated heterocycles. The molecule has 1 unspecified atom stereocenters. The summed E-state index contributed by atoms with van der Waals surface area (Å²) in [6.07, 6.45) is -3.38. The first-order valence-corrected chi connectivity index (χ1v) is 5.50. The van der Waals surface area contributed by atoms with Gasteiger partial charge in [0, 0.05) is 6.54 Å². The zero-order valence-corrected chi connectivity index (χ0v) is 9.53. The van der Waals surface area contributed by atoms with Gasteiger partial charge in [-0.25, -0.2) is 4.98 Å². The molecule has 10 heteroatoms. The van der Waals surface area contributed by atoms with Gasteiger partial charge in [0.1, 0.15) is 6.33 Å². The van der Waals surface area contributed by atoms with Crippen molar-refractivity contribution in [3.8, 4) is 11.6 Å². The Bertz CT molecular complexity index is 557. The predicted octanol–water partition coefficient (Wildman–Crippen LogP) is 0.648. The van der Waals surface area contributed by atoms with Gasteiger partial charge in [-0.2, -0.15) is 23.3 Å². The Morgan fingerprint density at radius 2 is 2.21 bits per heavy atom. The smallest absolute Gasteiger partial charge is 0.338 e. The zero-order valence-electron chi connectivity index (χ0n) is 9.53. The highest BCUT2D eigenvalue weighted by atomic mass is 19.4. The van der Waals surface area contributed by atoms with Crippen molar-refractivity contribution in [2.45, 2.75) is 18.0 Å². The van der Waals surface area contributed by atoms with Gasteiger partial charge < -0.3 is 9.84 Å². The van der Waals surface area contributed by atoms with Gasteiger partial charge in [0.15, 0.2) is 11.2 Å². The lowest BCUT2D eigenvalue weighted by molar-refractivity contribution is -0.191. The third-order valence-corrected chi connectivity index (χ3v) is 3.16. The molecule has 1 aliphatic rings. The zero-order chi connectivity index (χ0) is 13.5. The number of hydrogen-bond acceptors (Lipinski definition) is 6. The summed E-state index contributed by atoms with van der Waals surface area (Å²) in [5.41, 5.74) is -2.13. The molecule has 0 saturated carbocycles. The summed E-state index contributed by atoms with van der Waals surface area (Å²) in [7, 11) is 0. The van der Waals surface area contributed by atoms with Crippen molar-refractivity contribution in [2.75, 3.05) is 13.1 Å². The van der Waals surface area contributed by atoms with Crippen LogP contribution >= 0.6 is 0 Å². The van der Waals surface area contributed by atoms with E-state index < -0.39 is 17.5 Å². The van der Waals surface area contributed by atoms with Crippen molar-refractivity contribution in [2.24, 2.45) is 0 Å². The average molecular weight is 274 g/mol. The second-order valence-electron chi connectivity index (χ2n) is 4.26. The normalized spacial score (nSPS) is 23.9. The topological polar surface area (TPSA) is 92.5 Å². The predicted molar refractivity (Wildman–Crippen MR) is 54.9 cm³/mol. The highest BCUT2D eigenvalue weighted by molar-refractivity contribution is 5.40. The molecule has 0 aromatic carbocycles. The van der Waals surface area contributed by atoms with Crippen LogP contribution in [0.4, 0.5) is 13.2 Å². The minimum atomic E-state index is -4.46. The minimum Gasteiger partial charge on any atom is -0.338 e. The van der Waals surface area contributed by atoms with Gasteiger partial charge in [-0.1, -0.05) is 5.16 Å². The Balaban J connectivity index is 2.01. The van der Waals surface area contributed by atoms with Crippen molar-refractivity contribution in [3.05, 3.63) is 12.2 Å². The number of halogens is 3. The van der Waals surface area contributed by atoms with E-state index in [0.29, 0.717) is 0 Å². The molecular weight excluding hydrogens is 265 g/mol. The summed E-state index contributed by atoms with van der Waals surface area (Å²) in [5.74, 6) is -0.322. The molecule has 2 N–H and O–H groups in total. The van der Waals surface area contributed by atoms with Crippen LogP contribution in [0.5, 0.6) is 0 Å². The fourth-order valence-electron chi connectivity index (χ4n) is 2.06. The number of hydrogen-bond donors (Lipinski definition) is 2. The fraction of sp³-hybridized carbons (Fsp3) is 0.556. The molecule has 3 rings (SSSR count). The quantitative estimate of drug-likeness (QED) is 0.835. The first-order chi connectivity index (χ1) is 9.03. The lowest BCUT2D eigenvalue weighted by Crippen LogP contribution is -2.44. The fourth-order valence-corrected chi connectivity index (χ4v) is 2.06. The molecule has 0 bridgehead atoms. The standard InChI is InChI=1S/C9H9F3N6O/c10-9(11,12)8(1-2-13-3-8)7-16-6(18-19-7)5-14-4-15-17-5/h4,13H,1-3H2,(H,14,15,17). The number of aromatic amines is 1. The van der Waals surface area contributed by atoms with E-state index in [1.165, 1.54) is 6.33 Å². The third-order valence-electron chi connectivity index (χ3n) is 3.16. The van der Waals surface area contributed by atoms with Gasteiger partial charge >= 0.3 is 6.18 Å². The van der Waals surface area contributed by atoms with Crippen LogP contribution in [0, 0.1) is 0 Å². The molecule has 0 radical (unpaired) electrons. The Kier molecular flexibility index (Phi) is 2.55. The van der Waals surface area contributed by atoms with E-state index in [1.54, 1.807) is 0 Å². The lowest BCUT2D eigenvalue weighted by atomic mass is 9.86. The first kappa shape index (κ1) is 12.1. The van der Waals surface area contributed by atoms with Crippen LogP contribution in [0.1, 0.15) is 12.3 Å². The SMILES string of the molecule is FC(F)(F)C1(c2nc(-c3ncn[nH]3)no2)CCNC1. The number of nitrogens with one attached hydrogen (secondary N) is 2. The summed E-state index contributed by atoms with van der Waals surface area (Å²) >= 11 is 0. The maximum atomic E-state index is 13.2. The number of nitrogens with zero attached hydrogens (tertiary/aromatic N) is 4. The van der Waals surface area contributed by atoms with Crippen molar-refractivity contribution >= 4 is 0 Å². The van der Waals surface area contributed by atoms with Crippen LogP contribution in [0.25, 0.3) is 11.6 Å². The molecule has 7 nitrogen and oxygen atoms in total. The Morgan fingerprint density at radius 1 is 1.37 bits per heavy atom. The maximum Gasteiger partial charge on any atom is 0.404 e. The molecule has 3 heterocycles. The highest BCUT2D eigenvalue weighted by Gasteiger charge is 2.61. The van der Waals surface area contributed by atoms with Gasteiger partial charge in [-0.05, 0) is 13.0 Å². The number of alkyl halides is 3. The Morgan fingerprint density at radius 3 is 2.79 bits per heavy atom. The summed E-state index contributed by atoms with van der Waals surface area (Å²) in [4.78, 5) is 7.56. The lowest BCUT2D eigenvalue weighted by Gasteiger charge is -2.26. The van der Waals surface area contributed by atoms with E-state index in [-0.39, 0.29) is 31.2 Å². The molecule has 1 fully saturated rings. The van der Waals surface area contributed by atoms with E-state index >= 15 is 0 Å². The summed E-state index contributed by atoms with van der Waals surface area (Å²) in [6, 6.07) is 0. The summed E-state index contributed by atoms with van der Waals surface area (Å²) in [6.45, 7) is -0.0198. The van der Waals surface area contributed by atoms with Crippen molar-refractivity contribution in [1.82, 2.24) is 30.6 Å². The highest BCUT2D eigenvalue weighted by Crippen LogP contribution is 2.44. The maximum absolute atomic E-state index is 13.2. The summed E-state index contributed by atoms with van der Waals surface area (Å²) in [5, 5.41) is 12.2. The van der Waals surface area contributed by atoms with E-state index in [4.69, 9.17) is 4.52 Å². The minimum absolute atomic E-state index is 0.0389. The molecule has 1 atom stereocenters. The summed E-state index contributed by atoms with van der Waals surface area (Å²) < 4.78 is 44.5. The molecular formula is C9H9F3N6O. The van der Waals surface area contributed by atoms with Crippen LogP contribution in [0.2, 0.25) is 0 Å². The van der Waals surface area contributed by atoms with Gasteiger partial charge in [-0.3, -0.25) is 5.10 Å². The van der Waals surface area contributed by atoms with Gasteiger partial charge in [0.05, 0.1) is 0 Å². The van der Waals surface area contributed by atoms with E-state index in [2.05, 4.69) is 30.6 Å². The third kappa shape index (κ3) is 1.79. The van der Waals surface area contributed by atoms with Gasteiger partial charge in [0.2, 0.25) is 11.7 Å². The number of aromatic nitrogens is 5. The molecule has 0 aliphatic carbocycles. The Hall–Kier alpha value is -1.97. The van der Waals surface area contributed by atoms with Crippen LogP contribution in [0.15, 0.2) is 10.9 Å².